The van der Waals surface area contributed by atoms with E-state index in [-0.39, 0.29) is 23.7 Å². The third kappa shape index (κ3) is 5.02. The van der Waals surface area contributed by atoms with Gasteiger partial charge < -0.3 is 15.4 Å². The number of hydrogen-bond donors (Lipinski definition) is 2. The number of cyclic esters (lactones) is 1. The maximum Gasteiger partial charge on any atom is 0.328 e. The van der Waals surface area contributed by atoms with E-state index in [0.717, 1.165) is 11.3 Å². The van der Waals surface area contributed by atoms with Crippen molar-refractivity contribution in [2.75, 3.05) is 17.7 Å². The summed E-state index contributed by atoms with van der Waals surface area (Å²) in [6.07, 6.45) is 0.606. The van der Waals surface area contributed by atoms with Crippen LogP contribution < -0.4 is 10.6 Å². The van der Waals surface area contributed by atoms with Crippen molar-refractivity contribution >= 4 is 45.9 Å². The Morgan fingerprint density at radius 2 is 2.33 bits per heavy atom. The van der Waals surface area contributed by atoms with E-state index in [1.165, 1.54) is 11.8 Å². The molecule has 0 saturated carbocycles. The molecule has 0 spiro atoms. The summed E-state index contributed by atoms with van der Waals surface area (Å²) in [4.78, 5) is 23.1. The Morgan fingerprint density at radius 3 is 3.00 bits per heavy atom. The van der Waals surface area contributed by atoms with Gasteiger partial charge in [-0.3, -0.25) is 4.79 Å². The highest BCUT2D eigenvalue weighted by Crippen LogP contribution is 2.12. The molecule has 1 fully saturated rings. The second-order valence-corrected chi connectivity index (χ2v) is 6.30. The molecule has 0 bridgehead atoms. The lowest BCUT2D eigenvalue weighted by molar-refractivity contribution is -0.139. The molecule has 2 rings (SSSR count). The number of thioether (sulfide) groups is 1. The molecule has 1 aromatic carbocycles. The van der Waals surface area contributed by atoms with Gasteiger partial charge in [0.05, 0.1) is 12.4 Å². The van der Waals surface area contributed by atoms with E-state index < -0.39 is 0 Å². The van der Waals surface area contributed by atoms with Crippen LogP contribution in [0.25, 0.3) is 0 Å². The number of anilines is 1. The summed E-state index contributed by atoms with van der Waals surface area (Å²) < 4.78 is 5.26. The summed E-state index contributed by atoms with van der Waals surface area (Å²) in [7, 11) is 0. The van der Waals surface area contributed by atoms with Gasteiger partial charge in [-0.05, 0) is 24.6 Å². The molecule has 0 aromatic heterocycles. The summed E-state index contributed by atoms with van der Waals surface area (Å²) in [5.41, 5.74) is 1.84. The lowest BCUT2D eigenvalue weighted by Gasteiger charge is -2.11. The van der Waals surface area contributed by atoms with Gasteiger partial charge in [-0.15, -0.1) is 0 Å². The number of hydrogen-bond acceptors (Lipinski definition) is 5. The van der Waals surface area contributed by atoms with Gasteiger partial charge in [-0.25, -0.2) is 4.79 Å². The minimum Gasteiger partial charge on any atom is -0.464 e. The zero-order chi connectivity index (χ0) is 15.2. The second-order valence-electron chi connectivity index (χ2n) is 4.65. The number of aryl methyl sites for hydroxylation is 1. The largest absolute Gasteiger partial charge is 0.464 e. The molecule has 1 heterocycles. The van der Waals surface area contributed by atoms with Crippen LogP contribution in [0.15, 0.2) is 24.3 Å². The fourth-order valence-electron chi connectivity index (χ4n) is 1.86. The molecule has 1 aliphatic rings. The molecule has 1 saturated heterocycles. The predicted molar refractivity (Wildman–Crippen MR) is 87.4 cm³/mol. The zero-order valence-electron chi connectivity index (χ0n) is 11.5. The van der Waals surface area contributed by atoms with E-state index in [0.29, 0.717) is 17.3 Å². The second kappa shape index (κ2) is 7.42. The Labute approximate surface area is 132 Å². The van der Waals surface area contributed by atoms with Crippen LogP contribution >= 0.6 is 24.0 Å². The molecule has 21 heavy (non-hydrogen) atoms. The van der Waals surface area contributed by atoms with Crippen LogP contribution in [0.4, 0.5) is 5.69 Å². The molecule has 2 N–H and O–H groups in total. The van der Waals surface area contributed by atoms with Crippen LogP contribution in [0.2, 0.25) is 0 Å². The first-order valence-electron chi connectivity index (χ1n) is 6.51. The standard InChI is InChI=1S/C14H16N2O3S2/c1-9-3-2-4-10(7-9)15-12(17)8-21-14(20)16-11-5-6-19-13(11)18/h2-4,7,11H,5-6,8H2,1H3,(H,15,17)(H,16,20)/t11-/m0/s1. The normalized spacial score (nSPS) is 17.2. The fraction of sp³-hybridized carbons (Fsp3) is 0.357. The van der Waals surface area contributed by atoms with Crippen LogP contribution in [0.5, 0.6) is 0 Å². The van der Waals surface area contributed by atoms with Gasteiger partial charge in [0.15, 0.2) is 0 Å². The molecule has 1 amide bonds. The molecule has 7 heteroatoms. The van der Waals surface area contributed by atoms with Crippen molar-refractivity contribution in [1.82, 2.24) is 5.32 Å². The van der Waals surface area contributed by atoms with Crippen molar-refractivity contribution in [2.24, 2.45) is 0 Å². The van der Waals surface area contributed by atoms with E-state index in [4.69, 9.17) is 17.0 Å². The van der Waals surface area contributed by atoms with Crippen molar-refractivity contribution in [3.63, 3.8) is 0 Å². The van der Waals surface area contributed by atoms with Crippen molar-refractivity contribution in [2.45, 2.75) is 19.4 Å². The predicted octanol–water partition coefficient (Wildman–Crippen LogP) is 1.86. The first-order chi connectivity index (χ1) is 10.0. The van der Waals surface area contributed by atoms with Crippen LogP contribution in [0, 0.1) is 6.92 Å². The quantitative estimate of drug-likeness (QED) is 0.651. The number of nitrogens with one attached hydrogen (secondary N) is 2. The van der Waals surface area contributed by atoms with E-state index >= 15 is 0 Å². The smallest absolute Gasteiger partial charge is 0.328 e. The van der Waals surface area contributed by atoms with Gasteiger partial charge in [0.1, 0.15) is 10.4 Å². The number of amides is 1. The van der Waals surface area contributed by atoms with Crippen molar-refractivity contribution in [1.29, 1.82) is 0 Å². The average Bonchev–Trinajstić information content (AvgIpc) is 2.82. The molecule has 0 unspecified atom stereocenters. The SMILES string of the molecule is Cc1cccc(NC(=O)CSC(=S)N[C@H]2CCOC2=O)c1. The lowest BCUT2D eigenvalue weighted by atomic mass is 10.2. The van der Waals surface area contributed by atoms with Gasteiger partial charge >= 0.3 is 5.97 Å². The van der Waals surface area contributed by atoms with Crippen molar-refractivity contribution in [3.05, 3.63) is 29.8 Å². The lowest BCUT2D eigenvalue weighted by Crippen LogP contribution is -2.36. The number of carbonyl (C=O) groups excluding carboxylic acids is 2. The van der Waals surface area contributed by atoms with E-state index in [2.05, 4.69) is 10.6 Å². The average molecular weight is 324 g/mol. The minimum absolute atomic E-state index is 0.135. The van der Waals surface area contributed by atoms with Gasteiger partial charge in [-0.2, -0.15) is 0 Å². The molecule has 0 radical (unpaired) electrons. The van der Waals surface area contributed by atoms with Crippen molar-refractivity contribution < 1.29 is 14.3 Å². The van der Waals surface area contributed by atoms with Crippen molar-refractivity contribution in [3.8, 4) is 0 Å². The highest BCUT2D eigenvalue weighted by atomic mass is 32.2. The third-order valence-corrected chi connectivity index (χ3v) is 4.12. The zero-order valence-corrected chi connectivity index (χ0v) is 13.2. The van der Waals surface area contributed by atoms with E-state index in [9.17, 15) is 9.59 Å². The number of rotatable bonds is 4. The molecular weight excluding hydrogens is 308 g/mol. The Bertz CT molecular complexity index is 563. The number of esters is 1. The maximum atomic E-state index is 11.8. The summed E-state index contributed by atoms with van der Waals surface area (Å²) >= 11 is 6.31. The highest BCUT2D eigenvalue weighted by molar-refractivity contribution is 8.23. The Morgan fingerprint density at radius 1 is 1.52 bits per heavy atom. The number of carbonyl (C=O) groups is 2. The number of ether oxygens (including phenoxy) is 1. The Balaban J connectivity index is 1.73. The topological polar surface area (TPSA) is 67.4 Å². The molecule has 1 aliphatic heterocycles. The van der Waals surface area contributed by atoms with Gasteiger partial charge in [0.2, 0.25) is 5.91 Å². The van der Waals surface area contributed by atoms with Crippen LogP contribution in [-0.4, -0.2) is 34.6 Å². The van der Waals surface area contributed by atoms with Gasteiger partial charge in [-0.1, -0.05) is 36.1 Å². The maximum absolute atomic E-state index is 11.8. The summed E-state index contributed by atoms with van der Waals surface area (Å²) in [6, 6.07) is 7.19. The van der Waals surface area contributed by atoms with E-state index in [1.807, 2.05) is 31.2 Å². The van der Waals surface area contributed by atoms with Gasteiger partial charge in [0, 0.05) is 12.1 Å². The first-order valence-corrected chi connectivity index (χ1v) is 7.90. The molecule has 1 aromatic rings. The third-order valence-electron chi connectivity index (χ3n) is 2.86. The Kier molecular flexibility index (Phi) is 5.58. The minimum atomic E-state index is -0.384. The Hall–Kier alpha value is -1.60. The first kappa shape index (κ1) is 15.8. The summed E-state index contributed by atoms with van der Waals surface area (Å²) in [5.74, 6) is -0.229. The fourth-order valence-corrected chi connectivity index (χ4v) is 2.74. The summed E-state index contributed by atoms with van der Waals surface area (Å²) in [5, 5.41) is 5.70. The van der Waals surface area contributed by atoms with Crippen LogP contribution in [0.1, 0.15) is 12.0 Å². The highest BCUT2D eigenvalue weighted by Gasteiger charge is 2.26. The molecular formula is C14H16N2O3S2. The molecule has 1 atom stereocenters. The molecule has 5 nitrogen and oxygen atoms in total. The molecule has 0 aliphatic carbocycles. The number of thiocarbonyl (C=S) groups is 1. The van der Waals surface area contributed by atoms with Crippen LogP contribution in [0.3, 0.4) is 0 Å². The van der Waals surface area contributed by atoms with E-state index in [1.54, 1.807) is 0 Å². The van der Waals surface area contributed by atoms with Crippen LogP contribution in [-0.2, 0) is 14.3 Å². The molecule has 112 valence electrons. The number of benzene rings is 1. The summed E-state index contributed by atoms with van der Waals surface area (Å²) in [6.45, 7) is 2.38. The monoisotopic (exact) mass is 324 g/mol. The van der Waals surface area contributed by atoms with Gasteiger partial charge in [0.25, 0.3) is 0 Å².